The molecule has 274 valence electrons. The van der Waals surface area contributed by atoms with Crippen LogP contribution < -0.4 is 39.0 Å². The van der Waals surface area contributed by atoms with E-state index in [2.05, 4.69) is 0 Å². The van der Waals surface area contributed by atoms with Crippen LogP contribution in [0.15, 0.2) is 108 Å². The van der Waals surface area contributed by atoms with E-state index in [1.165, 1.54) is 39.8 Å². The zero-order valence-corrected chi connectivity index (χ0v) is 33.3. The van der Waals surface area contributed by atoms with Gasteiger partial charge in [-0.05, 0) is 67.4 Å². The molecule has 0 radical (unpaired) electrons. The first-order chi connectivity index (χ1) is 24.4. The number of rotatable bonds is 8. The monoisotopic (exact) mass is 754 g/mol. The Labute approximate surface area is 330 Å². The summed E-state index contributed by atoms with van der Waals surface area (Å²) < 4.78 is 43.3. The molecule has 4 amide bonds. The molecule has 0 atom stereocenters. The average molecular weight is 755 g/mol. The molecule has 0 saturated heterocycles. The predicted molar refractivity (Wildman–Crippen MR) is 189 cm³/mol. The van der Waals surface area contributed by atoms with Gasteiger partial charge in [-0.2, -0.15) is 0 Å². The molecule has 0 aliphatic rings. The molecule has 0 fully saturated rings. The maximum Gasteiger partial charge on any atom is 1.00 e. The quantitative estimate of drug-likeness (QED) is 0.111. The minimum absolute atomic E-state index is 0. The molecule has 4 aromatic carbocycles. The summed E-state index contributed by atoms with van der Waals surface area (Å²) in [6, 6.07) is 28.3. The van der Waals surface area contributed by atoms with Gasteiger partial charge < -0.3 is 14.0 Å². The largest absolute Gasteiger partial charge is 1.00 e. The van der Waals surface area contributed by atoms with Crippen LogP contribution in [0.2, 0.25) is 0 Å². The van der Waals surface area contributed by atoms with E-state index < -0.39 is 44.6 Å². The maximum atomic E-state index is 11.9. The van der Waals surface area contributed by atoms with Gasteiger partial charge in [0, 0.05) is 40.8 Å². The van der Waals surface area contributed by atoms with Gasteiger partial charge in [-0.25, -0.2) is 18.0 Å². The van der Waals surface area contributed by atoms with Crippen molar-refractivity contribution in [2.75, 3.05) is 13.1 Å². The molecule has 0 aromatic heterocycles. The smallest absolute Gasteiger partial charge is 0.744 e. The number of carbonyl (C=O) groups excluding carboxylic acids is 6. The standard InChI is InChI=1S/C14H12O5S.C14H12O2.C10H16N2O4.Na/c1-10-7-8-12(20(16,17)18)9-13(10)19-14(15)11-5-3-2-4-6-11;1-11-7-5-6-10-13(11)16-14(15)12-8-3-2-4-9-12;1-7(13)11(8(2)14)5-6-12(9(3)15)10(4)16;/h2-9H,1H3,(H,16,17,18);2-10H,1H3;5-6H2,1-4H3;/q;;;+1/p-1. The molecule has 0 saturated carbocycles. The summed E-state index contributed by atoms with van der Waals surface area (Å²) in [5.74, 6) is -1.89. The number of carbonyl (C=O) groups is 6. The summed E-state index contributed by atoms with van der Waals surface area (Å²) in [6.07, 6.45) is 0. The summed E-state index contributed by atoms with van der Waals surface area (Å²) in [5.41, 5.74) is 2.40. The van der Waals surface area contributed by atoms with Crippen LogP contribution in [0.4, 0.5) is 0 Å². The molecule has 0 unspecified atom stereocenters. The van der Waals surface area contributed by atoms with Crippen LogP contribution in [0.3, 0.4) is 0 Å². The van der Waals surface area contributed by atoms with Crippen LogP contribution in [0.1, 0.15) is 59.5 Å². The number of hydrogen-bond donors (Lipinski definition) is 0. The summed E-state index contributed by atoms with van der Waals surface area (Å²) >= 11 is 0. The first kappa shape index (κ1) is 46.0. The predicted octanol–water partition coefficient (Wildman–Crippen LogP) is 2.11. The zero-order chi connectivity index (χ0) is 39.0. The van der Waals surface area contributed by atoms with Gasteiger partial charge in [0.1, 0.15) is 21.6 Å². The minimum Gasteiger partial charge on any atom is -0.744 e. The Bertz CT molecular complexity index is 1950. The van der Waals surface area contributed by atoms with Gasteiger partial charge in [-0.15, -0.1) is 0 Å². The number of amides is 4. The third kappa shape index (κ3) is 15.6. The Morgan fingerprint density at radius 1 is 0.547 bits per heavy atom. The van der Waals surface area contributed by atoms with Crippen LogP contribution in [0, 0.1) is 13.8 Å². The van der Waals surface area contributed by atoms with E-state index in [4.69, 9.17) is 9.47 Å². The second kappa shape index (κ2) is 22.2. The fourth-order valence-corrected chi connectivity index (χ4v) is 4.74. The Morgan fingerprint density at radius 2 is 0.906 bits per heavy atom. The van der Waals surface area contributed by atoms with E-state index in [1.807, 2.05) is 43.3 Å². The Kier molecular flexibility index (Phi) is 19.2. The van der Waals surface area contributed by atoms with Gasteiger partial charge in [0.05, 0.1) is 16.0 Å². The van der Waals surface area contributed by atoms with E-state index in [9.17, 15) is 41.7 Å². The van der Waals surface area contributed by atoms with E-state index in [0.717, 1.165) is 21.4 Å². The Hall–Kier alpha value is -4.99. The van der Waals surface area contributed by atoms with Crippen molar-refractivity contribution in [1.29, 1.82) is 0 Å². The van der Waals surface area contributed by atoms with Gasteiger partial charge in [0.2, 0.25) is 23.6 Å². The Morgan fingerprint density at radius 3 is 1.28 bits per heavy atom. The van der Waals surface area contributed by atoms with Crippen LogP contribution in [-0.4, -0.2) is 71.4 Å². The van der Waals surface area contributed by atoms with E-state index >= 15 is 0 Å². The summed E-state index contributed by atoms with van der Waals surface area (Å²) in [7, 11) is -4.58. The molecular formula is C38H39N2NaO11S. The Balaban J connectivity index is 0.000000398. The summed E-state index contributed by atoms with van der Waals surface area (Å²) in [6.45, 7) is 8.65. The number of nitrogens with zero attached hydrogens (tertiary/aromatic N) is 2. The zero-order valence-electron chi connectivity index (χ0n) is 30.5. The van der Waals surface area contributed by atoms with Gasteiger partial charge >= 0.3 is 41.5 Å². The first-order valence-corrected chi connectivity index (χ1v) is 17.1. The van der Waals surface area contributed by atoms with Crippen LogP contribution in [0.5, 0.6) is 11.5 Å². The van der Waals surface area contributed by atoms with E-state index in [1.54, 1.807) is 55.5 Å². The van der Waals surface area contributed by atoms with Crippen molar-refractivity contribution in [2.24, 2.45) is 0 Å². The summed E-state index contributed by atoms with van der Waals surface area (Å²) in [4.78, 5) is 69.4. The molecule has 0 spiro atoms. The maximum absolute atomic E-state index is 11.9. The number of imide groups is 2. The van der Waals surface area contributed by atoms with Gasteiger partial charge in [0.25, 0.3) is 0 Å². The normalized spacial score (nSPS) is 10.0. The minimum atomic E-state index is -4.58. The van der Waals surface area contributed by atoms with Gasteiger partial charge in [-0.1, -0.05) is 60.7 Å². The van der Waals surface area contributed by atoms with Crippen molar-refractivity contribution in [3.63, 3.8) is 0 Å². The molecule has 0 N–H and O–H groups in total. The third-order valence-electron chi connectivity index (χ3n) is 7.03. The number of hydrogen-bond acceptors (Lipinski definition) is 11. The molecule has 0 aliphatic heterocycles. The molecule has 0 heterocycles. The third-order valence-corrected chi connectivity index (χ3v) is 7.87. The fourth-order valence-electron chi connectivity index (χ4n) is 4.26. The van der Waals surface area contributed by atoms with E-state index in [0.29, 0.717) is 22.4 Å². The van der Waals surface area contributed by atoms with Crippen molar-refractivity contribution in [1.82, 2.24) is 9.80 Å². The number of para-hydroxylation sites is 1. The number of esters is 2. The summed E-state index contributed by atoms with van der Waals surface area (Å²) in [5, 5.41) is 0. The number of aryl methyl sites for hydroxylation is 2. The van der Waals surface area contributed by atoms with Gasteiger partial charge in [0.15, 0.2) is 0 Å². The number of ether oxygens (including phenoxy) is 2. The molecular weight excluding hydrogens is 715 g/mol. The van der Waals surface area contributed by atoms with Crippen LogP contribution >= 0.6 is 0 Å². The molecule has 13 nitrogen and oxygen atoms in total. The molecule has 0 aliphatic carbocycles. The van der Waals surface area contributed by atoms with Crippen LogP contribution in [0.25, 0.3) is 0 Å². The van der Waals surface area contributed by atoms with Crippen molar-refractivity contribution in [3.8, 4) is 11.5 Å². The topological polar surface area (TPSA) is 185 Å². The molecule has 15 heteroatoms. The first-order valence-electron chi connectivity index (χ1n) is 15.7. The second-order valence-electron chi connectivity index (χ2n) is 11.0. The molecule has 4 rings (SSSR count). The SMILES string of the molecule is CC(=O)N(CCN(C(C)=O)C(C)=O)C(C)=O.Cc1ccc(S(=O)(=O)[O-])cc1OC(=O)c1ccccc1.Cc1ccccc1OC(=O)c1ccccc1.[Na+]. The van der Waals surface area contributed by atoms with Crippen molar-refractivity contribution in [2.45, 2.75) is 46.4 Å². The van der Waals surface area contributed by atoms with E-state index in [-0.39, 0.29) is 54.4 Å². The molecule has 53 heavy (non-hydrogen) atoms. The number of benzene rings is 4. The fraction of sp³-hybridized carbons (Fsp3) is 0.211. The average Bonchev–Trinajstić information content (AvgIpc) is 3.08. The van der Waals surface area contributed by atoms with Crippen molar-refractivity contribution < 1.29 is 80.8 Å². The van der Waals surface area contributed by atoms with Crippen molar-refractivity contribution in [3.05, 3.63) is 125 Å². The van der Waals surface area contributed by atoms with Gasteiger partial charge in [-0.3, -0.25) is 29.0 Å². The van der Waals surface area contributed by atoms with Crippen LogP contribution in [-0.2, 0) is 29.3 Å². The van der Waals surface area contributed by atoms with Crippen molar-refractivity contribution >= 4 is 45.7 Å². The molecule has 4 aromatic rings. The second-order valence-corrected chi connectivity index (χ2v) is 12.4. The molecule has 0 bridgehead atoms.